The van der Waals surface area contributed by atoms with Crippen LogP contribution in [0.5, 0.6) is 5.75 Å². The van der Waals surface area contributed by atoms with Gasteiger partial charge in [0, 0.05) is 0 Å². The molecule has 0 aliphatic rings. The van der Waals surface area contributed by atoms with Crippen LogP contribution < -0.4 is 0 Å². The Hall–Kier alpha value is -0.980. The summed E-state index contributed by atoms with van der Waals surface area (Å²) >= 11 is 0. The van der Waals surface area contributed by atoms with Gasteiger partial charge in [0.15, 0.2) is 0 Å². The molecule has 0 saturated heterocycles. The number of hydrogen-bond acceptors (Lipinski definition) is 1. The molecular weight excluding hydrogens is 148 g/mol. The first-order valence-corrected chi connectivity index (χ1v) is 4.52. The summed E-state index contributed by atoms with van der Waals surface area (Å²) in [5.74, 6) is 0.390. The first-order valence-electron chi connectivity index (χ1n) is 4.52. The second-order valence-electron chi connectivity index (χ2n) is 3.28. The van der Waals surface area contributed by atoms with E-state index < -0.39 is 0 Å². The lowest BCUT2D eigenvalue weighted by atomic mass is 10.1. The molecule has 0 aliphatic heterocycles. The molecule has 0 atom stereocenters. The molecule has 0 amide bonds. The maximum absolute atomic E-state index is 9.29. The molecule has 0 radical (unpaired) electrons. The van der Waals surface area contributed by atoms with Crippen LogP contribution >= 0.6 is 0 Å². The monoisotopic (exact) mass is 164 g/mol. The zero-order valence-electron chi connectivity index (χ0n) is 7.80. The summed E-state index contributed by atoms with van der Waals surface area (Å²) in [5.41, 5.74) is 2.38. The van der Waals surface area contributed by atoms with Crippen LogP contribution in [0.4, 0.5) is 0 Å². The predicted octanol–water partition coefficient (Wildman–Crippen LogP) is 3.04. The van der Waals surface area contributed by atoms with E-state index in [4.69, 9.17) is 0 Å². The Kier molecular flexibility index (Phi) is 3.15. The minimum atomic E-state index is 0.390. The Morgan fingerprint density at radius 2 is 2.00 bits per heavy atom. The van der Waals surface area contributed by atoms with Crippen LogP contribution in [0, 0.1) is 6.92 Å². The number of aryl methyl sites for hydroxylation is 2. The number of phenols is 1. The Labute approximate surface area is 74.1 Å². The van der Waals surface area contributed by atoms with Crippen molar-refractivity contribution in [1.29, 1.82) is 0 Å². The van der Waals surface area contributed by atoms with Gasteiger partial charge in [0.05, 0.1) is 0 Å². The third-order valence-electron chi connectivity index (χ3n) is 1.94. The highest BCUT2D eigenvalue weighted by Gasteiger charge is 1.96. The topological polar surface area (TPSA) is 20.2 Å². The summed E-state index contributed by atoms with van der Waals surface area (Å²) in [4.78, 5) is 0. The highest BCUT2D eigenvalue weighted by Crippen LogP contribution is 2.16. The highest BCUT2D eigenvalue weighted by molar-refractivity contribution is 5.32. The van der Waals surface area contributed by atoms with Crippen molar-refractivity contribution in [3.63, 3.8) is 0 Å². The summed E-state index contributed by atoms with van der Waals surface area (Å²) in [7, 11) is 0. The molecule has 0 heterocycles. The highest BCUT2D eigenvalue weighted by atomic mass is 16.3. The molecule has 1 N–H and O–H groups in total. The zero-order valence-corrected chi connectivity index (χ0v) is 7.80. The molecule has 0 spiro atoms. The maximum atomic E-state index is 9.29. The van der Waals surface area contributed by atoms with Crippen LogP contribution in [0.1, 0.15) is 30.9 Å². The predicted molar refractivity (Wildman–Crippen MR) is 51.5 cm³/mol. The molecular formula is C11H16O. The van der Waals surface area contributed by atoms with Crippen molar-refractivity contribution >= 4 is 0 Å². The minimum Gasteiger partial charge on any atom is -0.508 e. The second-order valence-corrected chi connectivity index (χ2v) is 3.28. The average molecular weight is 164 g/mol. The van der Waals surface area contributed by atoms with Gasteiger partial charge in [0.2, 0.25) is 0 Å². The first kappa shape index (κ1) is 9.11. The maximum Gasteiger partial charge on any atom is 0.116 e. The zero-order chi connectivity index (χ0) is 8.97. The molecule has 1 aromatic carbocycles. The van der Waals surface area contributed by atoms with Crippen LogP contribution in [-0.4, -0.2) is 5.11 Å². The molecule has 0 saturated carbocycles. The largest absolute Gasteiger partial charge is 0.508 e. The van der Waals surface area contributed by atoms with Crippen molar-refractivity contribution in [2.24, 2.45) is 0 Å². The van der Waals surface area contributed by atoms with Gasteiger partial charge < -0.3 is 5.11 Å². The normalized spacial score (nSPS) is 10.2. The molecule has 1 heteroatoms. The van der Waals surface area contributed by atoms with Gasteiger partial charge in [-0.25, -0.2) is 0 Å². The summed E-state index contributed by atoms with van der Waals surface area (Å²) < 4.78 is 0. The van der Waals surface area contributed by atoms with Crippen LogP contribution in [0.3, 0.4) is 0 Å². The summed E-state index contributed by atoms with van der Waals surface area (Å²) in [6, 6.07) is 5.77. The summed E-state index contributed by atoms with van der Waals surface area (Å²) in [6.45, 7) is 4.19. The minimum absolute atomic E-state index is 0.390. The molecule has 0 aliphatic carbocycles. The van der Waals surface area contributed by atoms with Crippen molar-refractivity contribution in [3.05, 3.63) is 29.3 Å². The van der Waals surface area contributed by atoms with Gasteiger partial charge in [0.25, 0.3) is 0 Å². The molecule has 0 aromatic heterocycles. The van der Waals surface area contributed by atoms with Gasteiger partial charge in [-0.1, -0.05) is 19.4 Å². The molecule has 1 nitrogen and oxygen atoms in total. The van der Waals surface area contributed by atoms with Crippen LogP contribution in [-0.2, 0) is 6.42 Å². The van der Waals surface area contributed by atoms with E-state index in [2.05, 4.69) is 13.0 Å². The van der Waals surface area contributed by atoms with E-state index in [0.29, 0.717) is 5.75 Å². The van der Waals surface area contributed by atoms with Gasteiger partial charge >= 0.3 is 0 Å². The van der Waals surface area contributed by atoms with E-state index in [-0.39, 0.29) is 0 Å². The lowest BCUT2D eigenvalue weighted by Crippen LogP contribution is -1.85. The SMILES string of the molecule is CCCCc1cc(C)cc(O)c1. The van der Waals surface area contributed by atoms with E-state index in [1.807, 2.05) is 13.0 Å². The number of unbranched alkanes of at least 4 members (excludes halogenated alkanes) is 1. The molecule has 1 rings (SSSR count). The summed E-state index contributed by atoms with van der Waals surface area (Å²) in [6.07, 6.45) is 3.48. The van der Waals surface area contributed by atoms with E-state index >= 15 is 0 Å². The molecule has 12 heavy (non-hydrogen) atoms. The van der Waals surface area contributed by atoms with Gasteiger partial charge in [-0.15, -0.1) is 0 Å². The third-order valence-corrected chi connectivity index (χ3v) is 1.94. The Morgan fingerprint density at radius 3 is 2.58 bits per heavy atom. The van der Waals surface area contributed by atoms with Crippen molar-refractivity contribution in [2.75, 3.05) is 0 Å². The molecule has 1 aromatic rings. The van der Waals surface area contributed by atoms with Crippen LogP contribution in [0.2, 0.25) is 0 Å². The first-order chi connectivity index (χ1) is 5.72. The quantitative estimate of drug-likeness (QED) is 0.728. The van der Waals surface area contributed by atoms with Crippen molar-refractivity contribution < 1.29 is 5.11 Å². The second kappa shape index (κ2) is 4.15. The number of benzene rings is 1. The fourth-order valence-electron chi connectivity index (χ4n) is 1.37. The van der Waals surface area contributed by atoms with Crippen LogP contribution in [0.25, 0.3) is 0 Å². The Balaban J connectivity index is 2.72. The Morgan fingerprint density at radius 1 is 1.25 bits per heavy atom. The number of rotatable bonds is 3. The lowest BCUT2D eigenvalue weighted by Gasteiger charge is -2.02. The van der Waals surface area contributed by atoms with Gasteiger partial charge in [-0.05, 0) is 43.0 Å². The van der Waals surface area contributed by atoms with Crippen LogP contribution in [0.15, 0.2) is 18.2 Å². The van der Waals surface area contributed by atoms with Crippen molar-refractivity contribution in [3.8, 4) is 5.75 Å². The van der Waals surface area contributed by atoms with E-state index in [1.54, 1.807) is 6.07 Å². The fourth-order valence-corrected chi connectivity index (χ4v) is 1.37. The van der Waals surface area contributed by atoms with Gasteiger partial charge in [-0.2, -0.15) is 0 Å². The molecule has 0 bridgehead atoms. The van der Waals surface area contributed by atoms with Gasteiger partial charge in [0.1, 0.15) is 5.75 Å². The number of hydrogen-bond donors (Lipinski definition) is 1. The average Bonchev–Trinajstić information content (AvgIpc) is 1.99. The van der Waals surface area contributed by atoms with Crippen molar-refractivity contribution in [2.45, 2.75) is 33.1 Å². The van der Waals surface area contributed by atoms with E-state index in [9.17, 15) is 5.11 Å². The van der Waals surface area contributed by atoms with E-state index in [1.165, 1.54) is 18.4 Å². The molecule has 0 unspecified atom stereocenters. The fraction of sp³-hybridized carbons (Fsp3) is 0.455. The van der Waals surface area contributed by atoms with Crippen molar-refractivity contribution in [1.82, 2.24) is 0 Å². The number of phenolic OH excluding ortho intramolecular Hbond substituents is 1. The number of aromatic hydroxyl groups is 1. The lowest BCUT2D eigenvalue weighted by molar-refractivity contribution is 0.474. The standard InChI is InChI=1S/C11H16O/c1-3-4-5-10-6-9(2)7-11(12)8-10/h6-8,12H,3-5H2,1-2H3. The molecule has 66 valence electrons. The summed E-state index contributed by atoms with van der Waals surface area (Å²) in [5, 5.41) is 9.29. The molecule has 0 fully saturated rings. The third kappa shape index (κ3) is 2.57. The van der Waals surface area contributed by atoms with Gasteiger partial charge in [-0.3, -0.25) is 0 Å². The van der Waals surface area contributed by atoms with E-state index in [0.717, 1.165) is 12.0 Å². The Bertz CT molecular complexity index is 233. The smallest absolute Gasteiger partial charge is 0.116 e.